The molecule has 0 saturated heterocycles. The van der Waals surface area contributed by atoms with Crippen LogP contribution in [0.15, 0.2) is 0 Å². The minimum atomic E-state index is 0.0597. The van der Waals surface area contributed by atoms with E-state index >= 15 is 0 Å². The number of unbranched alkanes of at least 4 members (excludes halogenated alkanes) is 4. The third kappa shape index (κ3) is 8.39. The Morgan fingerprint density at radius 3 is 1.61 bits per heavy atom. The van der Waals surface area contributed by atoms with Crippen LogP contribution in [0.2, 0.25) is 0 Å². The Morgan fingerprint density at radius 2 is 1.10 bits per heavy atom. The van der Waals surface area contributed by atoms with E-state index in [1.165, 1.54) is 103 Å². The van der Waals surface area contributed by atoms with Crippen molar-refractivity contribution < 1.29 is 9.53 Å². The van der Waals surface area contributed by atoms with E-state index in [1.54, 1.807) is 0 Å². The van der Waals surface area contributed by atoms with Crippen LogP contribution < -0.4 is 0 Å². The Morgan fingerprint density at radius 1 is 0.613 bits per heavy atom. The van der Waals surface area contributed by atoms with Crippen molar-refractivity contribution >= 4 is 5.97 Å². The normalized spacial score (nSPS) is 34.4. The highest BCUT2D eigenvalue weighted by Crippen LogP contribution is 2.46. The number of hydrogen-bond acceptors (Lipinski definition) is 2. The first kappa shape index (κ1) is 25.1. The lowest BCUT2D eigenvalue weighted by Gasteiger charge is -2.41. The van der Waals surface area contributed by atoms with E-state index in [0.29, 0.717) is 6.42 Å². The highest BCUT2D eigenvalue weighted by molar-refractivity contribution is 5.69. The minimum absolute atomic E-state index is 0.0597. The molecule has 2 nitrogen and oxygen atoms in total. The molecule has 3 saturated carbocycles. The number of hydrogen-bond donors (Lipinski definition) is 0. The lowest BCUT2D eigenvalue weighted by molar-refractivity contribution is -0.151. The Balaban J connectivity index is 1.28. The fourth-order valence-corrected chi connectivity index (χ4v) is 7.15. The highest BCUT2D eigenvalue weighted by atomic mass is 16.5. The van der Waals surface area contributed by atoms with Gasteiger partial charge in [0.25, 0.3) is 0 Å². The third-order valence-electron chi connectivity index (χ3n) is 9.26. The van der Waals surface area contributed by atoms with Gasteiger partial charge in [0, 0.05) is 6.42 Å². The number of ether oxygens (including phenoxy) is 1. The van der Waals surface area contributed by atoms with Crippen molar-refractivity contribution in [1.82, 2.24) is 0 Å². The minimum Gasteiger partial charge on any atom is -0.462 e. The van der Waals surface area contributed by atoms with E-state index in [4.69, 9.17) is 4.74 Å². The quantitative estimate of drug-likeness (QED) is 0.241. The van der Waals surface area contributed by atoms with Crippen molar-refractivity contribution in [3.8, 4) is 0 Å². The molecule has 0 unspecified atom stereocenters. The summed E-state index contributed by atoms with van der Waals surface area (Å²) in [4.78, 5) is 12.1. The lowest BCUT2D eigenvalue weighted by Crippen LogP contribution is -2.31. The molecule has 3 aliphatic carbocycles. The van der Waals surface area contributed by atoms with E-state index < -0.39 is 0 Å². The predicted octanol–water partition coefficient (Wildman–Crippen LogP) is 8.86. The average molecular weight is 433 g/mol. The Kier molecular flexibility index (Phi) is 11.2. The Labute approximate surface area is 193 Å². The van der Waals surface area contributed by atoms with Gasteiger partial charge in [-0.05, 0) is 100 Å². The summed E-state index contributed by atoms with van der Waals surface area (Å²) in [5, 5.41) is 0. The first-order chi connectivity index (χ1) is 15.2. The van der Waals surface area contributed by atoms with Gasteiger partial charge in [0.2, 0.25) is 0 Å². The second-order valence-electron chi connectivity index (χ2n) is 11.4. The molecule has 3 fully saturated rings. The molecule has 0 atom stereocenters. The van der Waals surface area contributed by atoms with E-state index in [0.717, 1.165) is 48.9 Å². The van der Waals surface area contributed by atoms with Crippen molar-refractivity contribution in [2.75, 3.05) is 0 Å². The maximum absolute atomic E-state index is 12.1. The fourth-order valence-electron chi connectivity index (χ4n) is 7.15. The van der Waals surface area contributed by atoms with Gasteiger partial charge in [0.05, 0.1) is 0 Å². The van der Waals surface area contributed by atoms with E-state index in [-0.39, 0.29) is 12.1 Å². The van der Waals surface area contributed by atoms with Crippen molar-refractivity contribution in [2.24, 2.45) is 29.6 Å². The molecule has 31 heavy (non-hydrogen) atoms. The summed E-state index contributed by atoms with van der Waals surface area (Å²) in [5.74, 6) is 5.06. The molecule has 180 valence electrons. The van der Waals surface area contributed by atoms with Crippen LogP contribution in [0.1, 0.15) is 142 Å². The second-order valence-corrected chi connectivity index (χ2v) is 11.4. The molecule has 3 aliphatic rings. The van der Waals surface area contributed by atoms with E-state index in [2.05, 4.69) is 13.8 Å². The number of rotatable bonds is 11. The molecule has 0 aromatic carbocycles. The summed E-state index contributed by atoms with van der Waals surface area (Å²) in [7, 11) is 0. The largest absolute Gasteiger partial charge is 0.462 e. The molecule has 0 aromatic heterocycles. The molecular weight excluding hydrogens is 380 g/mol. The van der Waals surface area contributed by atoms with E-state index in [9.17, 15) is 4.79 Å². The van der Waals surface area contributed by atoms with Crippen LogP contribution in [0.5, 0.6) is 0 Å². The number of carbonyl (C=O) groups excluding carboxylic acids is 1. The Hall–Kier alpha value is -0.530. The maximum atomic E-state index is 12.1. The van der Waals surface area contributed by atoms with Gasteiger partial charge in [-0.2, -0.15) is 0 Å². The average Bonchev–Trinajstić information content (AvgIpc) is 2.81. The first-order valence-electron chi connectivity index (χ1n) is 14.4. The Bertz CT molecular complexity index is 477. The zero-order chi connectivity index (χ0) is 21.9. The molecule has 0 aromatic rings. The van der Waals surface area contributed by atoms with Gasteiger partial charge in [-0.15, -0.1) is 0 Å². The van der Waals surface area contributed by atoms with Crippen molar-refractivity contribution in [3.05, 3.63) is 0 Å². The van der Waals surface area contributed by atoms with Crippen LogP contribution in [-0.4, -0.2) is 12.1 Å². The van der Waals surface area contributed by atoms with Crippen molar-refractivity contribution in [2.45, 2.75) is 148 Å². The predicted molar refractivity (Wildman–Crippen MR) is 131 cm³/mol. The second kappa shape index (κ2) is 13.9. The summed E-state index contributed by atoms with van der Waals surface area (Å²) in [5.41, 5.74) is 0. The van der Waals surface area contributed by atoms with Crippen LogP contribution in [0.3, 0.4) is 0 Å². The van der Waals surface area contributed by atoms with Crippen LogP contribution >= 0.6 is 0 Å². The molecule has 0 heterocycles. The highest BCUT2D eigenvalue weighted by Gasteiger charge is 2.35. The van der Waals surface area contributed by atoms with Crippen LogP contribution in [0.25, 0.3) is 0 Å². The van der Waals surface area contributed by atoms with Crippen molar-refractivity contribution in [3.63, 3.8) is 0 Å². The first-order valence-corrected chi connectivity index (χ1v) is 14.4. The topological polar surface area (TPSA) is 26.3 Å². The molecule has 0 radical (unpaired) electrons. The number of carbonyl (C=O) groups is 1. The van der Waals surface area contributed by atoms with Gasteiger partial charge in [-0.25, -0.2) is 0 Å². The summed E-state index contributed by atoms with van der Waals surface area (Å²) >= 11 is 0. The van der Waals surface area contributed by atoms with Gasteiger partial charge >= 0.3 is 5.97 Å². The maximum Gasteiger partial charge on any atom is 0.306 e. The lowest BCUT2D eigenvalue weighted by atomic mass is 9.65. The van der Waals surface area contributed by atoms with Crippen LogP contribution in [0.4, 0.5) is 0 Å². The van der Waals surface area contributed by atoms with Crippen molar-refractivity contribution in [1.29, 1.82) is 0 Å². The van der Waals surface area contributed by atoms with Gasteiger partial charge in [0.15, 0.2) is 0 Å². The fraction of sp³-hybridized carbons (Fsp3) is 0.966. The smallest absolute Gasteiger partial charge is 0.306 e. The third-order valence-corrected chi connectivity index (χ3v) is 9.26. The SMILES string of the molecule is CCCCCCC(=O)OC1CCC(C2CCC(C3CCC(CCCC)CC3)CC2)CC1. The molecule has 0 aliphatic heterocycles. The summed E-state index contributed by atoms with van der Waals surface area (Å²) in [6, 6.07) is 0. The van der Waals surface area contributed by atoms with Crippen LogP contribution in [0, 0.1) is 29.6 Å². The molecular formula is C29H52O2. The zero-order valence-corrected chi connectivity index (χ0v) is 20.9. The van der Waals surface area contributed by atoms with Gasteiger partial charge in [-0.1, -0.05) is 65.2 Å². The standard InChI is InChI=1S/C29H52O2/c1-3-5-7-8-10-29(30)31-28-21-19-27(20-22-28)26-17-15-25(16-18-26)24-13-11-23(12-14-24)9-6-4-2/h23-28H,3-22H2,1-2H3. The molecule has 0 bridgehead atoms. The van der Waals surface area contributed by atoms with E-state index in [1.807, 2.05) is 0 Å². The number of esters is 1. The molecule has 0 amide bonds. The monoisotopic (exact) mass is 432 g/mol. The summed E-state index contributed by atoms with van der Waals surface area (Å²) in [6.07, 6.45) is 26.7. The molecule has 0 N–H and O–H groups in total. The zero-order valence-electron chi connectivity index (χ0n) is 20.9. The summed E-state index contributed by atoms with van der Waals surface area (Å²) in [6.45, 7) is 4.54. The van der Waals surface area contributed by atoms with Gasteiger partial charge in [0.1, 0.15) is 6.10 Å². The van der Waals surface area contributed by atoms with Crippen LogP contribution in [-0.2, 0) is 9.53 Å². The molecule has 0 spiro atoms. The van der Waals surface area contributed by atoms with Gasteiger partial charge < -0.3 is 4.74 Å². The molecule has 3 rings (SSSR count). The molecule has 2 heteroatoms. The van der Waals surface area contributed by atoms with Gasteiger partial charge in [-0.3, -0.25) is 4.79 Å². The summed E-state index contributed by atoms with van der Waals surface area (Å²) < 4.78 is 5.80.